The molecule has 4 heteroatoms. The Morgan fingerprint density at radius 1 is 1.00 bits per heavy atom. The average Bonchev–Trinajstić information content (AvgIpc) is 2.60. The number of ketones is 1. The molecule has 0 fully saturated rings. The molecular weight excluding hydrogens is 326 g/mol. The fraction of sp³-hybridized carbons (Fsp3) is 0.364. The summed E-state index contributed by atoms with van der Waals surface area (Å²) < 4.78 is 5.59. The molecular formula is C22H27NO3. The number of nitrogens with one attached hydrogen (secondary N) is 1. The van der Waals surface area contributed by atoms with Gasteiger partial charge in [0.25, 0.3) is 0 Å². The monoisotopic (exact) mass is 353 g/mol. The number of hydrogen-bond acceptors (Lipinski definition) is 3. The first-order valence-corrected chi connectivity index (χ1v) is 8.98. The van der Waals surface area contributed by atoms with Crippen LogP contribution >= 0.6 is 0 Å². The SMILES string of the molecule is Cc1ccc(C)c(C(=O)CCC(=O)NCc2ccc(OC(C)C)cc2)c1. The lowest BCUT2D eigenvalue weighted by atomic mass is 9.99. The van der Waals surface area contributed by atoms with Crippen LogP contribution in [-0.2, 0) is 11.3 Å². The topological polar surface area (TPSA) is 55.4 Å². The summed E-state index contributed by atoms with van der Waals surface area (Å²) in [6, 6.07) is 13.5. The number of rotatable bonds is 8. The van der Waals surface area contributed by atoms with Gasteiger partial charge in [-0.25, -0.2) is 0 Å². The lowest BCUT2D eigenvalue weighted by Crippen LogP contribution is -2.23. The van der Waals surface area contributed by atoms with Crippen LogP contribution in [0.2, 0.25) is 0 Å². The van der Waals surface area contributed by atoms with Crippen LogP contribution in [0.3, 0.4) is 0 Å². The molecule has 0 radical (unpaired) electrons. The van der Waals surface area contributed by atoms with Gasteiger partial charge in [-0.3, -0.25) is 9.59 Å². The van der Waals surface area contributed by atoms with E-state index in [4.69, 9.17) is 4.74 Å². The standard InChI is InChI=1S/C22H27NO3/c1-15(2)26-19-9-7-18(8-10-19)14-23-22(25)12-11-21(24)20-13-16(3)5-6-17(20)4/h5-10,13,15H,11-12,14H2,1-4H3,(H,23,25). The molecule has 1 amide bonds. The smallest absolute Gasteiger partial charge is 0.220 e. The molecule has 2 aromatic rings. The second-order valence-electron chi connectivity index (χ2n) is 6.83. The number of Topliss-reactive ketones (excluding diaryl/α,β-unsaturated/α-hetero) is 1. The zero-order valence-corrected chi connectivity index (χ0v) is 16.0. The quantitative estimate of drug-likeness (QED) is 0.717. The van der Waals surface area contributed by atoms with Gasteiger partial charge >= 0.3 is 0 Å². The molecule has 0 saturated carbocycles. The second kappa shape index (κ2) is 9.18. The third-order valence-corrected chi connectivity index (χ3v) is 4.06. The van der Waals surface area contributed by atoms with Gasteiger partial charge in [0.2, 0.25) is 5.91 Å². The van der Waals surface area contributed by atoms with Crippen molar-refractivity contribution in [2.45, 2.75) is 53.2 Å². The van der Waals surface area contributed by atoms with Crippen LogP contribution < -0.4 is 10.1 Å². The molecule has 0 unspecified atom stereocenters. The molecule has 0 saturated heterocycles. The molecule has 0 aliphatic rings. The average molecular weight is 353 g/mol. The van der Waals surface area contributed by atoms with Crippen molar-refractivity contribution >= 4 is 11.7 Å². The number of carbonyl (C=O) groups excluding carboxylic acids is 2. The molecule has 0 heterocycles. The largest absolute Gasteiger partial charge is 0.491 e. The van der Waals surface area contributed by atoms with Crippen molar-refractivity contribution in [1.82, 2.24) is 5.32 Å². The first-order valence-electron chi connectivity index (χ1n) is 8.98. The molecule has 4 nitrogen and oxygen atoms in total. The minimum Gasteiger partial charge on any atom is -0.491 e. The van der Waals surface area contributed by atoms with Crippen LogP contribution in [-0.4, -0.2) is 17.8 Å². The van der Waals surface area contributed by atoms with Gasteiger partial charge in [-0.1, -0.05) is 29.8 Å². The summed E-state index contributed by atoms with van der Waals surface area (Å²) in [4.78, 5) is 24.4. The number of ether oxygens (including phenoxy) is 1. The van der Waals surface area contributed by atoms with Crippen LogP contribution in [0.25, 0.3) is 0 Å². The molecule has 0 aliphatic heterocycles. The van der Waals surface area contributed by atoms with E-state index < -0.39 is 0 Å². The number of carbonyl (C=O) groups is 2. The molecule has 0 aromatic heterocycles. The van der Waals surface area contributed by atoms with Crippen LogP contribution in [0.15, 0.2) is 42.5 Å². The van der Waals surface area contributed by atoms with Crippen molar-refractivity contribution in [3.63, 3.8) is 0 Å². The van der Waals surface area contributed by atoms with E-state index >= 15 is 0 Å². The summed E-state index contributed by atoms with van der Waals surface area (Å²) in [5.74, 6) is 0.705. The Balaban J connectivity index is 1.80. The van der Waals surface area contributed by atoms with Crippen LogP contribution in [0.5, 0.6) is 5.75 Å². The predicted molar refractivity (Wildman–Crippen MR) is 104 cm³/mol. The molecule has 1 N–H and O–H groups in total. The maximum Gasteiger partial charge on any atom is 0.220 e. The van der Waals surface area contributed by atoms with E-state index in [0.29, 0.717) is 12.1 Å². The summed E-state index contributed by atoms with van der Waals surface area (Å²) >= 11 is 0. The summed E-state index contributed by atoms with van der Waals surface area (Å²) in [6.07, 6.45) is 0.549. The highest BCUT2D eigenvalue weighted by Crippen LogP contribution is 2.15. The van der Waals surface area contributed by atoms with Crippen molar-refractivity contribution in [1.29, 1.82) is 0 Å². The Morgan fingerprint density at radius 3 is 2.35 bits per heavy atom. The lowest BCUT2D eigenvalue weighted by Gasteiger charge is -2.10. The Kier molecular flexibility index (Phi) is 6.96. The van der Waals surface area contributed by atoms with E-state index in [9.17, 15) is 9.59 Å². The molecule has 26 heavy (non-hydrogen) atoms. The molecule has 2 rings (SSSR count). The summed E-state index contributed by atoms with van der Waals surface area (Å²) in [5, 5.41) is 2.86. The Morgan fingerprint density at radius 2 is 1.69 bits per heavy atom. The van der Waals surface area contributed by atoms with E-state index in [1.807, 2.05) is 70.2 Å². The number of amides is 1. The Bertz CT molecular complexity index is 763. The van der Waals surface area contributed by atoms with Gasteiger partial charge < -0.3 is 10.1 Å². The fourth-order valence-electron chi connectivity index (χ4n) is 2.65. The summed E-state index contributed by atoms with van der Waals surface area (Å²) in [6.45, 7) is 8.28. The molecule has 138 valence electrons. The highest BCUT2D eigenvalue weighted by Gasteiger charge is 2.12. The van der Waals surface area contributed by atoms with Gasteiger partial charge in [-0.15, -0.1) is 0 Å². The fourth-order valence-corrected chi connectivity index (χ4v) is 2.65. The summed E-state index contributed by atoms with van der Waals surface area (Å²) in [7, 11) is 0. The highest BCUT2D eigenvalue weighted by atomic mass is 16.5. The number of benzene rings is 2. The van der Waals surface area contributed by atoms with Gasteiger partial charge in [0.15, 0.2) is 5.78 Å². The molecule has 0 spiro atoms. The third-order valence-electron chi connectivity index (χ3n) is 4.06. The van der Waals surface area contributed by atoms with Crippen molar-refractivity contribution < 1.29 is 14.3 Å². The zero-order chi connectivity index (χ0) is 19.1. The lowest BCUT2D eigenvalue weighted by molar-refractivity contribution is -0.121. The minimum atomic E-state index is -0.119. The zero-order valence-electron chi connectivity index (χ0n) is 16.0. The molecule has 0 aliphatic carbocycles. The van der Waals surface area contributed by atoms with Crippen LogP contribution in [0, 0.1) is 13.8 Å². The predicted octanol–water partition coefficient (Wildman–Crippen LogP) is 4.37. The molecule has 2 aromatic carbocycles. The number of hydrogen-bond donors (Lipinski definition) is 1. The first-order chi connectivity index (χ1) is 12.3. The van der Waals surface area contributed by atoms with Gasteiger partial charge in [0, 0.05) is 24.9 Å². The second-order valence-corrected chi connectivity index (χ2v) is 6.83. The molecule has 0 bridgehead atoms. The highest BCUT2D eigenvalue weighted by molar-refractivity contribution is 5.99. The van der Waals surface area contributed by atoms with E-state index in [0.717, 1.165) is 22.4 Å². The van der Waals surface area contributed by atoms with E-state index in [1.54, 1.807) is 0 Å². The van der Waals surface area contributed by atoms with Crippen molar-refractivity contribution in [3.8, 4) is 5.75 Å². The van der Waals surface area contributed by atoms with Gasteiger partial charge in [0.05, 0.1) is 6.10 Å². The van der Waals surface area contributed by atoms with Gasteiger partial charge in [-0.2, -0.15) is 0 Å². The maximum atomic E-state index is 12.3. The number of aryl methyl sites for hydroxylation is 2. The third kappa shape index (κ3) is 6.03. The van der Waals surface area contributed by atoms with Crippen molar-refractivity contribution in [2.24, 2.45) is 0 Å². The minimum absolute atomic E-state index is 0.0107. The normalized spacial score (nSPS) is 10.7. The Hall–Kier alpha value is -2.62. The first kappa shape index (κ1) is 19.7. The van der Waals surface area contributed by atoms with Crippen molar-refractivity contribution in [2.75, 3.05) is 0 Å². The van der Waals surface area contributed by atoms with Crippen molar-refractivity contribution in [3.05, 3.63) is 64.7 Å². The van der Waals surface area contributed by atoms with Gasteiger partial charge in [0.1, 0.15) is 5.75 Å². The Labute approximate surface area is 155 Å². The van der Waals surface area contributed by atoms with Crippen LogP contribution in [0.4, 0.5) is 0 Å². The van der Waals surface area contributed by atoms with Gasteiger partial charge in [-0.05, 0) is 57.0 Å². The van der Waals surface area contributed by atoms with E-state index in [1.165, 1.54) is 0 Å². The summed E-state index contributed by atoms with van der Waals surface area (Å²) in [5.41, 5.74) is 3.70. The molecule has 0 atom stereocenters. The van der Waals surface area contributed by atoms with Crippen LogP contribution in [0.1, 0.15) is 53.7 Å². The maximum absolute atomic E-state index is 12.3. The van der Waals surface area contributed by atoms with E-state index in [2.05, 4.69) is 5.32 Å². The van der Waals surface area contributed by atoms with E-state index in [-0.39, 0.29) is 30.6 Å².